The molecule has 0 saturated heterocycles. The van der Waals surface area contributed by atoms with Gasteiger partial charge in [0.15, 0.2) is 6.61 Å². The summed E-state index contributed by atoms with van der Waals surface area (Å²) in [6.45, 7) is 0.0493. The van der Waals surface area contributed by atoms with Gasteiger partial charge in [0.25, 0.3) is 5.92 Å². The largest absolute Gasteiger partial charge is 0.486 e. The van der Waals surface area contributed by atoms with E-state index in [4.69, 9.17) is 10.00 Å². The van der Waals surface area contributed by atoms with Crippen molar-refractivity contribution in [3.05, 3.63) is 29.8 Å². The number of nitrogens with zero attached hydrogens (tertiary/aromatic N) is 1. The van der Waals surface area contributed by atoms with E-state index >= 15 is 0 Å². The van der Waals surface area contributed by atoms with Gasteiger partial charge in [-0.1, -0.05) is 12.1 Å². The molecule has 0 N–H and O–H groups in total. The van der Waals surface area contributed by atoms with E-state index in [1.807, 2.05) is 6.07 Å². The van der Waals surface area contributed by atoms with Gasteiger partial charge in [-0.3, -0.25) is 0 Å². The van der Waals surface area contributed by atoms with Crippen LogP contribution in [0.4, 0.5) is 8.78 Å². The lowest BCUT2D eigenvalue weighted by molar-refractivity contribution is -0.0230. The van der Waals surface area contributed by atoms with Crippen LogP contribution in [0.3, 0.4) is 0 Å². The van der Waals surface area contributed by atoms with Gasteiger partial charge >= 0.3 is 0 Å². The molecule has 0 atom stereocenters. The summed E-state index contributed by atoms with van der Waals surface area (Å²) in [5.41, 5.74) is 0.261. The van der Waals surface area contributed by atoms with Crippen molar-refractivity contribution in [1.29, 1.82) is 5.26 Å². The van der Waals surface area contributed by atoms with Gasteiger partial charge in [0.05, 0.1) is 5.56 Å². The predicted octanol–water partition coefficient (Wildman–Crippen LogP) is 2.59. The highest BCUT2D eigenvalue weighted by atomic mass is 19.3. The highest BCUT2D eigenvalue weighted by molar-refractivity contribution is 5.42. The molecule has 0 amide bonds. The molecule has 0 aliphatic rings. The van der Waals surface area contributed by atoms with Gasteiger partial charge in [0.1, 0.15) is 11.8 Å². The van der Waals surface area contributed by atoms with Crippen molar-refractivity contribution in [3.63, 3.8) is 0 Å². The third kappa shape index (κ3) is 3.02. The van der Waals surface area contributed by atoms with E-state index in [0.717, 1.165) is 6.92 Å². The summed E-state index contributed by atoms with van der Waals surface area (Å²) in [7, 11) is 0. The second-order valence-electron chi connectivity index (χ2n) is 2.97. The molecule has 0 aliphatic heterocycles. The van der Waals surface area contributed by atoms with Gasteiger partial charge in [-0.2, -0.15) is 5.26 Å². The second-order valence-corrected chi connectivity index (χ2v) is 2.97. The quantitative estimate of drug-likeness (QED) is 0.746. The van der Waals surface area contributed by atoms with Gasteiger partial charge in [0.2, 0.25) is 0 Å². The summed E-state index contributed by atoms with van der Waals surface area (Å²) in [4.78, 5) is 0. The highest BCUT2D eigenvalue weighted by Crippen LogP contribution is 2.19. The Morgan fingerprint density at radius 2 is 2.07 bits per heavy atom. The fourth-order valence-electron chi connectivity index (χ4n) is 0.889. The van der Waals surface area contributed by atoms with Crippen LogP contribution in [0.15, 0.2) is 24.3 Å². The Hall–Kier alpha value is -1.63. The summed E-state index contributed by atoms with van der Waals surface area (Å²) >= 11 is 0. The fourth-order valence-corrected chi connectivity index (χ4v) is 0.889. The number of halogens is 2. The van der Waals surface area contributed by atoms with Crippen LogP contribution in [-0.2, 0) is 0 Å². The number of benzene rings is 1. The maximum absolute atomic E-state index is 12.4. The molecule has 74 valence electrons. The van der Waals surface area contributed by atoms with Gasteiger partial charge in [0, 0.05) is 6.92 Å². The van der Waals surface area contributed by atoms with Gasteiger partial charge in [-0.05, 0) is 12.1 Å². The Balaban J connectivity index is 2.73. The van der Waals surface area contributed by atoms with Crippen molar-refractivity contribution < 1.29 is 13.5 Å². The van der Waals surface area contributed by atoms with Crippen LogP contribution in [0.2, 0.25) is 0 Å². The molecule has 0 radical (unpaired) electrons. The van der Waals surface area contributed by atoms with Crippen molar-refractivity contribution in [2.75, 3.05) is 6.61 Å². The summed E-state index contributed by atoms with van der Waals surface area (Å²) in [6, 6.07) is 8.15. The molecule has 0 fully saturated rings. The van der Waals surface area contributed by atoms with Crippen molar-refractivity contribution in [1.82, 2.24) is 0 Å². The average Bonchev–Trinajstić information content (AvgIpc) is 2.14. The fraction of sp³-hybridized carbons (Fsp3) is 0.300. The molecule has 0 heterocycles. The van der Waals surface area contributed by atoms with Crippen LogP contribution in [0.25, 0.3) is 0 Å². The molecule has 0 aliphatic carbocycles. The molecular formula is C10H9F2NO. The SMILES string of the molecule is CC(F)(F)COc1ccccc1C#N. The monoisotopic (exact) mass is 197 g/mol. The first kappa shape index (κ1) is 10.5. The summed E-state index contributed by atoms with van der Waals surface area (Å²) in [5.74, 6) is -2.70. The molecule has 0 bridgehead atoms. The van der Waals surface area contributed by atoms with E-state index in [1.54, 1.807) is 12.1 Å². The van der Waals surface area contributed by atoms with Gasteiger partial charge in [-0.15, -0.1) is 0 Å². The Labute approximate surface area is 80.7 Å². The first-order valence-electron chi connectivity index (χ1n) is 4.03. The minimum atomic E-state index is -2.89. The van der Waals surface area contributed by atoms with Crippen molar-refractivity contribution >= 4 is 0 Å². The summed E-state index contributed by atoms with van der Waals surface area (Å²) in [5, 5.41) is 8.63. The highest BCUT2D eigenvalue weighted by Gasteiger charge is 2.22. The lowest BCUT2D eigenvalue weighted by Crippen LogP contribution is -2.21. The standard InChI is InChI=1S/C10H9F2NO/c1-10(11,12)7-14-9-5-3-2-4-8(9)6-13/h2-5H,7H2,1H3. The van der Waals surface area contributed by atoms with E-state index in [1.165, 1.54) is 12.1 Å². The number of nitriles is 1. The molecule has 0 spiro atoms. The minimum absolute atomic E-state index is 0.191. The van der Waals surface area contributed by atoms with Gasteiger partial charge < -0.3 is 4.74 Å². The number of ether oxygens (including phenoxy) is 1. The third-order valence-electron chi connectivity index (χ3n) is 1.49. The van der Waals surface area contributed by atoms with Crippen LogP contribution in [0.5, 0.6) is 5.75 Å². The number of alkyl halides is 2. The Morgan fingerprint density at radius 1 is 1.43 bits per heavy atom. The lowest BCUT2D eigenvalue weighted by atomic mass is 10.2. The van der Waals surface area contributed by atoms with Crippen LogP contribution in [-0.4, -0.2) is 12.5 Å². The molecule has 0 saturated carbocycles. The van der Waals surface area contributed by atoms with E-state index in [2.05, 4.69) is 0 Å². The molecule has 1 rings (SSSR count). The zero-order valence-corrected chi connectivity index (χ0v) is 7.63. The maximum Gasteiger partial charge on any atom is 0.278 e. The molecule has 0 aromatic heterocycles. The van der Waals surface area contributed by atoms with Crippen LogP contribution >= 0.6 is 0 Å². The van der Waals surface area contributed by atoms with Crippen molar-refractivity contribution in [2.24, 2.45) is 0 Å². The van der Waals surface area contributed by atoms with Gasteiger partial charge in [-0.25, -0.2) is 8.78 Å². The van der Waals surface area contributed by atoms with Crippen molar-refractivity contribution in [3.8, 4) is 11.8 Å². The molecule has 1 aromatic rings. The Bertz CT molecular complexity index is 352. The zero-order valence-electron chi connectivity index (χ0n) is 7.63. The number of hydrogen-bond donors (Lipinski definition) is 0. The normalized spacial score (nSPS) is 10.7. The number of rotatable bonds is 3. The second kappa shape index (κ2) is 4.05. The average molecular weight is 197 g/mol. The number of para-hydroxylation sites is 1. The zero-order chi connectivity index (χ0) is 10.6. The third-order valence-corrected chi connectivity index (χ3v) is 1.49. The smallest absolute Gasteiger partial charge is 0.278 e. The first-order chi connectivity index (χ1) is 6.53. The predicted molar refractivity (Wildman–Crippen MR) is 47.3 cm³/mol. The molecule has 4 heteroatoms. The van der Waals surface area contributed by atoms with Crippen molar-refractivity contribution in [2.45, 2.75) is 12.8 Å². The Kier molecular flexibility index (Phi) is 3.03. The molecular weight excluding hydrogens is 188 g/mol. The molecule has 14 heavy (non-hydrogen) atoms. The maximum atomic E-state index is 12.4. The molecule has 1 aromatic carbocycles. The van der Waals surface area contributed by atoms with Crippen LogP contribution in [0.1, 0.15) is 12.5 Å². The first-order valence-corrected chi connectivity index (χ1v) is 4.03. The van der Waals surface area contributed by atoms with Crippen LogP contribution < -0.4 is 4.74 Å². The Morgan fingerprint density at radius 3 is 2.64 bits per heavy atom. The molecule has 0 unspecified atom stereocenters. The minimum Gasteiger partial charge on any atom is -0.486 e. The van der Waals surface area contributed by atoms with E-state index in [0.29, 0.717) is 0 Å². The number of hydrogen-bond acceptors (Lipinski definition) is 2. The molecule has 2 nitrogen and oxygen atoms in total. The summed E-state index contributed by atoms with van der Waals surface area (Å²) < 4.78 is 29.7. The van der Waals surface area contributed by atoms with E-state index in [-0.39, 0.29) is 11.3 Å². The van der Waals surface area contributed by atoms with E-state index < -0.39 is 12.5 Å². The topological polar surface area (TPSA) is 33.0 Å². The lowest BCUT2D eigenvalue weighted by Gasteiger charge is -2.12. The summed E-state index contributed by atoms with van der Waals surface area (Å²) in [6.07, 6.45) is 0. The van der Waals surface area contributed by atoms with Crippen LogP contribution in [0, 0.1) is 11.3 Å². The van der Waals surface area contributed by atoms with E-state index in [9.17, 15) is 8.78 Å².